The molecule has 0 spiro atoms. The second-order valence-electron chi connectivity index (χ2n) is 5.10. The number of nitrogen functional groups attached to an aromatic ring is 1. The van der Waals surface area contributed by atoms with Crippen molar-refractivity contribution in [3.63, 3.8) is 0 Å². The number of nitrogens with two attached hydrogens (primary N) is 1. The summed E-state index contributed by atoms with van der Waals surface area (Å²) in [5.74, 6) is 0.0467. The number of benzene rings is 1. The number of nitro groups is 1. The lowest BCUT2D eigenvalue weighted by Crippen LogP contribution is -2.25. The van der Waals surface area contributed by atoms with Gasteiger partial charge in [-0.15, -0.1) is 0 Å². The van der Waals surface area contributed by atoms with Crippen LogP contribution in [-0.2, 0) is 0 Å². The van der Waals surface area contributed by atoms with Crippen LogP contribution in [0.1, 0.15) is 13.8 Å². The Bertz CT molecular complexity index is 689. The van der Waals surface area contributed by atoms with Gasteiger partial charge in [-0.1, -0.05) is 6.07 Å². The van der Waals surface area contributed by atoms with E-state index in [4.69, 9.17) is 5.73 Å². The zero-order valence-electron chi connectivity index (χ0n) is 12.6. The molecule has 0 amide bonds. The van der Waals surface area contributed by atoms with E-state index in [1.165, 1.54) is 0 Å². The predicted octanol–water partition coefficient (Wildman–Crippen LogP) is 2.56. The highest BCUT2D eigenvalue weighted by Gasteiger charge is 2.14. The van der Waals surface area contributed by atoms with Gasteiger partial charge in [0.2, 0.25) is 11.8 Å². The van der Waals surface area contributed by atoms with Crippen molar-refractivity contribution in [1.29, 1.82) is 0 Å². The molecule has 0 saturated heterocycles. The molecule has 1 aromatic carbocycles. The molecule has 0 saturated carbocycles. The van der Waals surface area contributed by atoms with Gasteiger partial charge in [-0.05, 0) is 32.0 Å². The minimum absolute atomic E-state index is 0.169. The van der Waals surface area contributed by atoms with Gasteiger partial charge >= 0.3 is 5.69 Å². The summed E-state index contributed by atoms with van der Waals surface area (Å²) in [5.41, 5.74) is 7.06. The van der Waals surface area contributed by atoms with Gasteiger partial charge in [0.25, 0.3) is 0 Å². The van der Waals surface area contributed by atoms with Gasteiger partial charge in [0.15, 0.2) is 0 Å². The van der Waals surface area contributed by atoms with E-state index >= 15 is 0 Å². The highest BCUT2D eigenvalue weighted by atomic mass is 16.6. The number of hydrogen-bond donors (Lipinski definition) is 2. The number of nitrogens with zero attached hydrogens (tertiary/aromatic N) is 4. The second-order valence-corrected chi connectivity index (χ2v) is 5.10. The smallest absolute Gasteiger partial charge is 0.329 e. The zero-order chi connectivity index (χ0) is 16.3. The van der Waals surface area contributed by atoms with Gasteiger partial charge in [0, 0.05) is 24.5 Å². The lowest BCUT2D eigenvalue weighted by molar-refractivity contribution is -0.384. The lowest BCUT2D eigenvalue weighted by Gasteiger charge is -2.24. The van der Waals surface area contributed by atoms with Crippen molar-refractivity contribution < 1.29 is 4.92 Å². The molecule has 116 valence electrons. The van der Waals surface area contributed by atoms with Crippen molar-refractivity contribution in [1.82, 2.24) is 9.97 Å². The molecule has 2 aromatic rings. The number of anilines is 4. The van der Waals surface area contributed by atoms with E-state index in [1.807, 2.05) is 31.3 Å². The van der Waals surface area contributed by atoms with E-state index in [2.05, 4.69) is 34.0 Å². The second kappa shape index (κ2) is 6.25. The molecule has 2 rings (SSSR count). The average Bonchev–Trinajstić information content (AvgIpc) is 2.46. The summed E-state index contributed by atoms with van der Waals surface area (Å²) in [6.45, 7) is 4.19. The first-order chi connectivity index (χ1) is 10.4. The third-order valence-corrected chi connectivity index (χ3v) is 3.28. The fourth-order valence-electron chi connectivity index (χ4n) is 1.82. The van der Waals surface area contributed by atoms with Crippen LogP contribution in [0.3, 0.4) is 0 Å². The van der Waals surface area contributed by atoms with Crippen molar-refractivity contribution in [2.75, 3.05) is 23.0 Å². The highest BCUT2D eigenvalue weighted by molar-refractivity contribution is 5.63. The topological polar surface area (TPSA) is 110 Å². The summed E-state index contributed by atoms with van der Waals surface area (Å²) < 4.78 is 0. The Morgan fingerprint density at radius 3 is 2.73 bits per heavy atom. The third-order valence-electron chi connectivity index (χ3n) is 3.28. The first kappa shape index (κ1) is 15.5. The quantitative estimate of drug-likeness (QED) is 0.645. The molecule has 0 fully saturated rings. The molecular weight excluding hydrogens is 284 g/mol. The summed E-state index contributed by atoms with van der Waals surface area (Å²) in [4.78, 5) is 20.0. The summed E-state index contributed by atoms with van der Waals surface area (Å²) >= 11 is 0. The lowest BCUT2D eigenvalue weighted by atomic mass is 10.2. The van der Waals surface area contributed by atoms with Crippen LogP contribution in [-0.4, -0.2) is 28.0 Å². The van der Waals surface area contributed by atoms with Gasteiger partial charge in [-0.25, -0.2) is 4.98 Å². The Hall–Kier alpha value is -2.90. The molecule has 0 bridgehead atoms. The Kier molecular flexibility index (Phi) is 4.40. The van der Waals surface area contributed by atoms with Crippen LogP contribution in [0.2, 0.25) is 0 Å². The van der Waals surface area contributed by atoms with E-state index in [9.17, 15) is 10.1 Å². The van der Waals surface area contributed by atoms with E-state index in [0.717, 1.165) is 17.6 Å². The van der Waals surface area contributed by atoms with Crippen LogP contribution in [0.15, 0.2) is 30.5 Å². The average molecular weight is 302 g/mol. The number of hydrogen-bond acceptors (Lipinski definition) is 7. The molecule has 0 aliphatic rings. The van der Waals surface area contributed by atoms with Gasteiger partial charge in [-0.3, -0.25) is 10.1 Å². The van der Waals surface area contributed by atoms with Crippen LogP contribution < -0.4 is 16.0 Å². The van der Waals surface area contributed by atoms with Gasteiger partial charge in [0.05, 0.1) is 4.92 Å². The van der Waals surface area contributed by atoms with E-state index in [0.29, 0.717) is 6.04 Å². The molecule has 0 aliphatic heterocycles. The maximum absolute atomic E-state index is 10.7. The minimum atomic E-state index is -0.614. The standard InChI is InChI=1S/C14H18N6O2/c1-9(2)19(3)11-6-4-5-10(7-11)17-14-16-8-12(20(21)22)13(15)18-14/h4-9H,1-3H3,(H3,15,16,17,18). The molecule has 0 atom stereocenters. The molecule has 8 heteroatoms. The molecule has 8 nitrogen and oxygen atoms in total. The molecule has 0 radical (unpaired) electrons. The third kappa shape index (κ3) is 3.40. The van der Waals surface area contributed by atoms with E-state index < -0.39 is 4.92 Å². The highest BCUT2D eigenvalue weighted by Crippen LogP contribution is 2.24. The van der Waals surface area contributed by atoms with Crippen LogP contribution >= 0.6 is 0 Å². The number of aromatic nitrogens is 2. The van der Waals surface area contributed by atoms with Crippen molar-refractivity contribution in [2.45, 2.75) is 19.9 Å². The SMILES string of the molecule is CC(C)N(C)c1cccc(Nc2ncc([N+](=O)[O-])c(N)n2)c1. The van der Waals surface area contributed by atoms with Gasteiger partial charge in [0.1, 0.15) is 6.20 Å². The molecular formula is C14H18N6O2. The first-order valence-electron chi connectivity index (χ1n) is 6.75. The molecule has 22 heavy (non-hydrogen) atoms. The maximum Gasteiger partial charge on any atom is 0.329 e. The Balaban J connectivity index is 2.22. The summed E-state index contributed by atoms with van der Waals surface area (Å²) in [6.07, 6.45) is 1.09. The molecule has 0 unspecified atom stereocenters. The van der Waals surface area contributed by atoms with Crippen LogP contribution in [0, 0.1) is 10.1 Å². The molecule has 0 aliphatic carbocycles. The first-order valence-corrected chi connectivity index (χ1v) is 6.75. The fraction of sp³-hybridized carbons (Fsp3) is 0.286. The fourth-order valence-corrected chi connectivity index (χ4v) is 1.82. The van der Waals surface area contributed by atoms with Crippen molar-refractivity contribution in [3.8, 4) is 0 Å². The van der Waals surface area contributed by atoms with Crippen LogP contribution in [0.5, 0.6) is 0 Å². The Labute approximate surface area is 128 Å². The monoisotopic (exact) mass is 302 g/mol. The van der Waals surface area contributed by atoms with Gasteiger partial charge < -0.3 is 16.0 Å². The van der Waals surface area contributed by atoms with E-state index in [1.54, 1.807) is 0 Å². The van der Waals surface area contributed by atoms with Crippen molar-refractivity contribution in [2.24, 2.45) is 0 Å². The molecule has 1 aromatic heterocycles. The van der Waals surface area contributed by atoms with Crippen LogP contribution in [0.25, 0.3) is 0 Å². The molecule has 1 heterocycles. The van der Waals surface area contributed by atoms with Crippen molar-refractivity contribution >= 4 is 28.8 Å². The normalized spacial score (nSPS) is 10.5. The predicted molar refractivity (Wildman–Crippen MR) is 86.4 cm³/mol. The van der Waals surface area contributed by atoms with Gasteiger partial charge in [-0.2, -0.15) is 4.98 Å². The Morgan fingerprint density at radius 1 is 1.41 bits per heavy atom. The van der Waals surface area contributed by atoms with Crippen LogP contribution in [0.4, 0.5) is 28.8 Å². The largest absolute Gasteiger partial charge is 0.378 e. The molecule has 3 N–H and O–H groups in total. The summed E-state index contributed by atoms with van der Waals surface area (Å²) in [7, 11) is 2.00. The summed E-state index contributed by atoms with van der Waals surface area (Å²) in [5, 5.41) is 13.7. The zero-order valence-corrected chi connectivity index (χ0v) is 12.6. The van der Waals surface area contributed by atoms with Crippen molar-refractivity contribution in [3.05, 3.63) is 40.6 Å². The summed E-state index contributed by atoms with van der Waals surface area (Å²) in [6, 6.07) is 8.07. The number of rotatable bonds is 5. The number of nitrogens with one attached hydrogen (secondary N) is 1. The van der Waals surface area contributed by atoms with E-state index in [-0.39, 0.29) is 17.5 Å². The maximum atomic E-state index is 10.7. The Morgan fingerprint density at radius 2 is 2.14 bits per heavy atom. The minimum Gasteiger partial charge on any atom is -0.378 e.